The molecule has 1 atom stereocenters. The van der Waals surface area contributed by atoms with Gasteiger partial charge in [0.25, 0.3) is 0 Å². The second-order valence-corrected chi connectivity index (χ2v) is 7.66. The SMILES string of the molecule is CC1CCCN(C(=O)C2(C(=O)Nc3ccc(Cl)cc3C(F)(F)F)CC2)C1. The average Bonchev–Trinajstić information content (AvgIpc) is 3.36. The van der Waals surface area contributed by atoms with Gasteiger partial charge in [0.15, 0.2) is 0 Å². The van der Waals surface area contributed by atoms with Gasteiger partial charge in [0.05, 0.1) is 11.3 Å². The normalized spacial score (nSPS) is 22.0. The first-order valence-corrected chi connectivity index (χ1v) is 8.99. The number of carbonyl (C=O) groups excluding carboxylic acids is 2. The van der Waals surface area contributed by atoms with E-state index in [2.05, 4.69) is 5.32 Å². The predicted molar refractivity (Wildman–Crippen MR) is 91.7 cm³/mol. The van der Waals surface area contributed by atoms with Gasteiger partial charge in [-0.25, -0.2) is 0 Å². The topological polar surface area (TPSA) is 49.4 Å². The van der Waals surface area contributed by atoms with Crippen LogP contribution >= 0.6 is 11.6 Å². The molecule has 1 aromatic carbocycles. The summed E-state index contributed by atoms with van der Waals surface area (Å²) >= 11 is 5.65. The number of hydrogen-bond donors (Lipinski definition) is 1. The van der Waals surface area contributed by atoms with E-state index in [0.717, 1.165) is 25.0 Å². The summed E-state index contributed by atoms with van der Waals surface area (Å²) in [6.45, 7) is 3.22. The molecule has 0 bridgehead atoms. The number of nitrogens with one attached hydrogen (secondary N) is 1. The van der Waals surface area contributed by atoms with Crippen molar-refractivity contribution < 1.29 is 22.8 Å². The molecule has 0 spiro atoms. The average molecular weight is 389 g/mol. The summed E-state index contributed by atoms with van der Waals surface area (Å²) in [5, 5.41) is 2.24. The van der Waals surface area contributed by atoms with Crippen molar-refractivity contribution in [1.82, 2.24) is 4.90 Å². The largest absolute Gasteiger partial charge is 0.418 e. The Balaban J connectivity index is 1.79. The van der Waals surface area contributed by atoms with E-state index >= 15 is 0 Å². The van der Waals surface area contributed by atoms with E-state index in [1.807, 2.05) is 6.92 Å². The van der Waals surface area contributed by atoms with Gasteiger partial charge in [-0.1, -0.05) is 18.5 Å². The predicted octanol–water partition coefficient (Wildman–Crippen LogP) is 4.34. The van der Waals surface area contributed by atoms with Crippen LogP contribution in [0.2, 0.25) is 5.02 Å². The molecule has 2 fully saturated rings. The Morgan fingerprint density at radius 3 is 2.58 bits per heavy atom. The van der Waals surface area contributed by atoms with Gasteiger partial charge in [-0.15, -0.1) is 0 Å². The molecule has 4 nitrogen and oxygen atoms in total. The van der Waals surface area contributed by atoms with Crippen LogP contribution in [0.3, 0.4) is 0 Å². The monoisotopic (exact) mass is 388 g/mol. The minimum Gasteiger partial charge on any atom is -0.342 e. The molecule has 1 aliphatic carbocycles. The molecule has 3 rings (SSSR count). The number of hydrogen-bond acceptors (Lipinski definition) is 2. The molecule has 1 saturated carbocycles. The lowest BCUT2D eigenvalue weighted by Crippen LogP contribution is -2.47. The van der Waals surface area contributed by atoms with Crippen molar-refractivity contribution in [3.05, 3.63) is 28.8 Å². The van der Waals surface area contributed by atoms with Crippen molar-refractivity contribution in [3.8, 4) is 0 Å². The maximum absolute atomic E-state index is 13.2. The minimum absolute atomic E-state index is 0.0742. The Labute approximate surface area is 154 Å². The first-order chi connectivity index (χ1) is 12.1. The van der Waals surface area contributed by atoms with Crippen LogP contribution in [0.4, 0.5) is 18.9 Å². The van der Waals surface area contributed by atoms with Crippen LogP contribution in [0, 0.1) is 11.3 Å². The number of halogens is 4. The van der Waals surface area contributed by atoms with Crippen molar-refractivity contribution >= 4 is 29.1 Å². The molecule has 26 heavy (non-hydrogen) atoms. The van der Waals surface area contributed by atoms with Gasteiger partial charge in [-0.3, -0.25) is 9.59 Å². The maximum Gasteiger partial charge on any atom is 0.418 e. The quantitative estimate of drug-likeness (QED) is 0.783. The van der Waals surface area contributed by atoms with E-state index < -0.39 is 23.1 Å². The van der Waals surface area contributed by atoms with Gasteiger partial charge in [0.1, 0.15) is 5.41 Å². The van der Waals surface area contributed by atoms with Crippen molar-refractivity contribution in [1.29, 1.82) is 0 Å². The summed E-state index contributed by atoms with van der Waals surface area (Å²) in [5.74, 6) is -0.586. The highest BCUT2D eigenvalue weighted by Gasteiger charge is 2.58. The highest BCUT2D eigenvalue weighted by molar-refractivity contribution is 6.30. The zero-order valence-corrected chi connectivity index (χ0v) is 15.1. The summed E-state index contributed by atoms with van der Waals surface area (Å²) in [6, 6.07) is 3.16. The van der Waals surface area contributed by atoms with Crippen LogP contribution < -0.4 is 5.32 Å². The highest BCUT2D eigenvalue weighted by Crippen LogP contribution is 2.49. The van der Waals surface area contributed by atoms with Gasteiger partial charge in [0, 0.05) is 18.1 Å². The number of piperidine rings is 1. The third-order valence-corrected chi connectivity index (χ3v) is 5.31. The Bertz CT molecular complexity index is 732. The van der Waals surface area contributed by atoms with Crippen molar-refractivity contribution in [3.63, 3.8) is 0 Å². The zero-order valence-electron chi connectivity index (χ0n) is 14.3. The molecule has 1 heterocycles. The first-order valence-electron chi connectivity index (χ1n) is 8.61. The molecule has 1 N–H and O–H groups in total. The van der Waals surface area contributed by atoms with Crippen LogP contribution in [0.15, 0.2) is 18.2 Å². The van der Waals surface area contributed by atoms with Gasteiger partial charge in [0.2, 0.25) is 11.8 Å². The number of nitrogens with zero attached hydrogens (tertiary/aromatic N) is 1. The Hall–Kier alpha value is -1.76. The van der Waals surface area contributed by atoms with Crippen LogP contribution in [0.25, 0.3) is 0 Å². The van der Waals surface area contributed by atoms with E-state index in [4.69, 9.17) is 11.6 Å². The number of amides is 2. The lowest BCUT2D eigenvalue weighted by atomic mass is 9.96. The third-order valence-electron chi connectivity index (χ3n) is 5.07. The van der Waals surface area contributed by atoms with Gasteiger partial charge < -0.3 is 10.2 Å². The van der Waals surface area contributed by atoms with Crippen molar-refractivity contribution in [2.24, 2.45) is 11.3 Å². The number of alkyl halides is 3. The van der Waals surface area contributed by atoms with E-state index in [0.29, 0.717) is 31.8 Å². The zero-order chi connectivity index (χ0) is 19.1. The van der Waals surface area contributed by atoms with Crippen LogP contribution in [-0.2, 0) is 15.8 Å². The van der Waals surface area contributed by atoms with Crippen molar-refractivity contribution in [2.45, 2.75) is 38.8 Å². The Kier molecular flexibility index (Phi) is 4.94. The molecular formula is C18H20ClF3N2O2. The molecular weight excluding hydrogens is 369 g/mol. The van der Waals surface area contributed by atoms with Gasteiger partial charge >= 0.3 is 6.18 Å². The molecule has 142 valence electrons. The smallest absolute Gasteiger partial charge is 0.342 e. The Morgan fingerprint density at radius 1 is 1.31 bits per heavy atom. The summed E-state index contributed by atoms with van der Waals surface area (Å²) in [7, 11) is 0. The van der Waals surface area contributed by atoms with E-state index in [9.17, 15) is 22.8 Å². The van der Waals surface area contributed by atoms with Gasteiger partial charge in [-0.05, 0) is 49.8 Å². The van der Waals surface area contributed by atoms with Crippen LogP contribution in [0.5, 0.6) is 0 Å². The van der Waals surface area contributed by atoms with E-state index in [1.54, 1.807) is 4.90 Å². The number of benzene rings is 1. The molecule has 1 aromatic rings. The fourth-order valence-corrected chi connectivity index (χ4v) is 3.61. The molecule has 1 unspecified atom stereocenters. The fraction of sp³-hybridized carbons (Fsp3) is 0.556. The second kappa shape index (κ2) is 6.76. The molecule has 2 aliphatic rings. The van der Waals surface area contributed by atoms with E-state index in [1.165, 1.54) is 6.07 Å². The lowest BCUT2D eigenvalue weighted by molar-refractivity contribution is -0.143. The maximum atomic E-state index is 13.2. The van der Waals surface area contributed by atoms with Crippen molar-refractivity contribution in [2.75, 3.05) is 18.4 Å². The van der Waals surface area contributed by atoms with E-state index in [-0.39, 0.29) is 16.6 Å². The number of carbonyl (C=O) groups is 2. The molecule has 8 heteroatoms. The highest BCUT2D eigenvalue weighted by atomic mass is 35.5. The molecule has 1 saturated heterocycles. The van der Waals surface area contributed by atoms with Crippen LogP contribution in [0.1, 0.15) is 38.2 Å². The molecule has 0 radical (unpaired) electrons. The third kappa shape index (κ3) is 3.68. The number of rotatable bonds is 3. The summed E-state index contributed by atoms with van der Waals surface area (Å²) in [6.07, 6.45) is -2.03. The standard InChI is InChI=1S/C18H20ClF3N2O2/c1-11-3-2-8-24(10-11)16(26)17(6-7-17)15(25)23-14-5-4-12(19)9-13(14)18(20,21)22/h4-5,9,11H,2-3,6-8,10H2,1H3,(H,23,25). The number of likely N-dealkylation sites (tertiary alicyclic amines) is 1. The second-order valence-electron chi connectivity index (χ2n) is 7.22. The van der Waals surface area contributed by atoms with Gasteiger partial charge in [-0.2, -0.15) is 13.2 Å². The lowest BCUT2D eigenvalue weighted by Gasteiger charge is -2.33. The molecule has 1 aliphatic heterocycles. The van der Waals surface area contributed by atoms with Crippen LogP contribution in [-0.4, -0.2) is 29.8 Å². The minimum atomic E-state index is -4.66. The summed E-state index contributed by atoms with van der Waals surface area (Å²) < 4.78 is 39.6. The first kappa shape index (κ1) is 19.0. The Morgan fingerprint density at radius 2 is 2.00 bits per heavy atom. The fourth-order valence-electron chi connectivity index (χ4n) is 3.44. The summed E-state index contributed by atoms with van der Waals surface area (Å²) in [4.78, 5) is 27.2. The number of anilines is 1. The molecule has 2 amide bonds. The summed E-state index contributed by atoms with van der Waals surface area (Å²) in [5.41, 5.74) is -2.63. The molecule has 0 aromatic heterocycles.